The monoisotopic (exact) mass is 372 g/mol. The van der Waals surface area contributed by atoms with E-state index in [1.807, 2.05) is 18.5 Å². The lowest BCUT2D eigenvalue weighted by Crippen LogP contribution is -2.10. The lowest BCUT2D eigenvalue weighted by atomic mass is 10.0. The molecule has 142 valence electrons. The number of aromatic amines is 1. The molecule has 6 nitrogen and oxygen atoms in total. The zero-order valence-corrected chi connectivity index (χ0v) is 16.3. The first kappa shape index (κ1) is 17.1. The molecular formula is C22H24N6. The number of hydrogen-bond donors (Lipinski definition) is 1. The Morgan fingerprint density at radius 3 is 2.79 bits per heavy atom. The second-order valence-electron chi connectivity index (χ2n) is 7.80. The second kappa shape index (κ2) is 6.86. The van der Waals surface area contributed by atoms with E-state index in [1.165, 1.54) is 36.9 Å². The number of nitrogens with one attached hydrogen (secondary N) is 1. The van der Waals surface area contributed by atoms with Gasteiger partial charge < -0.3 is 4.98 Å². The number of H-pyrrole nitrogens is 1. The Kier molecular flexibility index (Phi) is 4.19. The summed E-state index contributed by atoms with van der Waals surface area (Å²) in [5.41, 5.74) is 8.37. The van der Waals surface area contributed by atoms with Gasteiger partial charge >= 0.3 is 0 Å². The summed E-state index contributed by atoms with van der Waals surface area (Å²) >= 11 is 0. The Hall–Kier alpha value is -3.02. The van der Waals surface area contributed by atoms with Crippen LogP contribution in [-0.4, -0.2) is 29.7 Å². The normalized spacial score (nSPS) is 14.9. The van der Waals surface area contributed by atoms with Crippen molar-refractivity contribution >= 4 is 11.2 Å². The van der Waals surface area contributed by atoms with E-state index in [0.29, 0.717) is 0 Å². The van der Waals surface area contributed by atoms with Gasteiger partial charge in [-0.05, 0) is 44.7 Å². The summed E-state index contributed by atoms with van der Waals surface area (Å²) in [5.74, 6) is 0.765. The molecule has 5 rings (SSSR count). The van der Waals surface area contributed by atoms with Gasteiger partial charge in [-0.3, -0.25) is 9.67 Å². The van der Waals surface area contributed by atoms with Gasteiger partial charge in [0.2, 0.25) is 0 Å². The van der Waals surface area contributed by atoms with Crippen LogP contribution in [0.5, 0.6) is 0 Å². The Morgan fingerprint density at radius 2 is 1.93 bits per heavy atom. The Morgan fingerprint density at radius 1 is 1.11 bits per heavy atom. The van der Waals surface area contributed by atoms with Crippen LogP contribution in [0.3, 0.4) is 0 Å². The highest BCUT2D eigenvalue weighted by Crippen LogP contribution is 2.33. The van der Waals surface area contributed by atoms with Crippen molar-refractivity contribution < 1.29 is 0 Å². The Balaban J connectivity index is 1.55. The minimum atomic E-state index is 0.722. The minimum absolute atomic E-state index is 0.722. The third kappa shape index (κ3) is 2.89. The van der Waals surface area contributed by atoms with Crippen molar-refractivity contribution in [2.45, 2.75) is 46.1 Å². The lowest BCUT2D eigenvalue weighted by molar-refractivity contribution is 0.422. The molecule has 0 radical (unpaired) electrons. The maximum Gasteiger partial charge on any atom is 0.178 e. The quantitative estimate of drug-likeness (QED) is 0.564. The molecule has 1 saturated carbocycles. The van der Waals surface area contributed by atoms with Gasteiger partial charge in [0.25, 0.3) is 0 Å². The van der Waals surface area contributed by atoms with E-state index in [-0.39, 0.29) is 0 Å². The van der Waals surface area contributed by atoms with Gasteiger partial charge in [-0.15, -0.1) is 0 Å². The third-order valence-corrected chi connectivity index (χ3v) is 5.95. The molecule has 1 fully saturated rings. The topological polar surface area (TPSA) is 72.3 Å². The van der Waals surface area contributed by atoms with Crippen molar-refractivity contribution in [2.24, 2.45) is 5.92 Å². The van der Waals surface area contributed by atoms with Crippen LogP contribution >= 0.6 is 0 Å². The molecule has 0 unspecified atom stereocenters. The van der Waals surface area contributed by atoms with Crippen molar-refractivity contribution in [3.05, 3.63) is 48.4 Å². The summed E-state index contributed by atoms with van der Waals surface area (Å²) in [6, 6.07) is 4.20. The maximum absolute atomic E-state index is 4.86. The molecule has 0 aromatic carbocycles. The van der Waals surface area contributed by atoms with Crippen molar-refractivity contribution in [1.29, 1.82) is 0 Å². The summed E-state index contributed by atoms with van der Waals surface area (Å²) in [5, 5.41) is 4.86. The van der Waals surface area contributed by atoms with Gasteiger partial charge in [0.05, 0.1) is 17.5 Å². The molecule has 0 atom stereocenters. The molecule has 0 aliphatic heterocycles. The Labute approximate surface area is 164 Å². The molecule has 4 heterocycles. The highest BCUT2D eigenvalue weighted by molar-refractivity contribution is 5.90. The zero-order chi connectivity index (χ0) is 19.1. The SMILES string of the molecule is Cc1nn(CC2CCCC2)c(C)c1-c1cncc(-c2ccnc3nc[nH]c23)c1. The number of nitrogens with zero attached hydrogens (tertiary/aromatic N) is 5. The predicted octanol–water partition coefficient (Wildman–Crippen LogP) is 4.69. The van der Waals surface area contributed by atoms with E-state index in [9.17, 15) is 0 Å². The lowest BCUT2D eigenvalue weighted by Gasteiger charge is -2.11. The number of rotatable bonds is 4. The van der Waals surface area contributed by atoms with E-state index < -0.39 is 0 Å². The fourth-order valence-electron chi connectivity index (χ4n) is 4.54. The largest absolute Gasteiger partial charge is 0.343 e. The first-order chi connectivity index (χ1) is 13.7. The number of fused-ring (bicyclic) bond motifs is 1. The second-order valence-corrected chi connectivity index (χ2v) is 7.80. The van der Waals surface area contributed by atoms with E-state index in [4.69, 9.17) is 5.10 Å². The first-order valence-electron chi connectivity index (χ1n) is 9.98. The average Bonchev–Trinajstić information content (AvgIpc) is 3.43. The van der Waals surface area contributed by atoms with E-state index in [1.54, 1.807) is 12.5 Å². The van der Waals surface area contributed by atoms with Gasteiger partial charge in [0.1, 0.15) is 0 Å². The highest BCUT2D eigenvalue weighted by atomic mass is 15.3. The fourth-order valence-corrected chi connectivity index (χ4v) is 4.54. The minimum Gasteiger partial charge on any atom is -0.343 e. The van der Waals surface area contributed by atoms with Crippen LogP contribution < -0.4 is 0 Å². The molecule has 0 saturated heterocycles. The molecule has 4 aromatic heterocycles. The number of aryl methyl sites for hydroxylation is 1. The van der Waals surface area contributed by atoms with Crippen molar-refractivity contribution in [2.75, 3.05) is 0 Å². The number of aromatic nitrogens is 6. The zero-order valence-electron chi connectivity index (χ0n) is 16.3. The summed E-state index contributed by atoms with van der Waals surface area (Å²) in [6.07, 6.45) is 12.7. The smallest absolute Gasteiger partial charge is 0.178 e. The summed E-state index contributed by atoms with van der Waals surface area (Å²) < 4.78 is 2.20. The summed E-state index contributed by atoms with van der Waals surface area (Å²) in [6.45, 7) is 5.30. The summed E-state index contributed by atoms with van der Waals surface area (Å²) in [4.78, 5) is 16.3. The van der Waals surface area contributed by atoms with Gasteiger partial charge in [-0.2, -0.15) is 5.10 Å². The molecule has 4 aromatic rings. The van der Waals surface area contributed by atoms with Crippen LogP contribution in [-0.2, 0) is 6.54 Å². The van der Waals surface area contributed by atoms with Gasteiger partial charge in [0.15, 0.2) is 5.65 Å². The first-order valence-corrected chi connectivity index (χ1v) is 9.98. The molecule has 0 amide bonds. The van der Waals surface area contributed by atoms with Crippen molar-refractivity contribution in [3.63, 3.8) is 0 Å². The average molecular weight is 372 g/mol. The molecule has 28 heavy (non-hydrogen) atoms. The number of hydrogen-bond acceptors (Lipinski definition) is 4. The van der Waals surface area contributed by atoms with E-state index >= 15 is 0 Å². The van der Waals surface area contributed by atoms with E-state index in [2.05, 4.69) is 44.5 Å². The van der Waals surface area contributed by atoms with E-state index in [0.717, 1.165) is 46.0 Å². The standard InChI is InChI=1S/C22H24N6/c1-14-20(15(2)28(27-14)12-16-5-3-4-6-16)18-9-17(10-23-11-18)19-7-8-24-22-21(19)25-13-26-22/h7-11,13,16H,3-6,12H2,1-2H3,(H,24,25,26). The van der Waals surface area contributed by atoms with Crippen LogP contribution in [0.4, 0.5) is 0 Å². The Bertz CT molecular complexity index is 1130. The van der Waals surface area contributed by atoms with Crippen LogP contribution in [0.1, 0.15) is 37.1 Å². The summed E-state index contributed by atoms with van der Waals surface area (Å²) in [7, 11) is 0. The van der Waals surface area contributed by atoms with Crippen LogP contribution in [0.15, 0.2) is 37.1 Å². The number of pyridine rings is 2. The molecular weight excluding hydrogens is 348 g/mol. The molecule has 6 heteroatoms. The maximum atomic E-state index is 4.86. The molecule has 1 aliphatic carbocycles. The van der Waals surface area contributed by atoms with Crippen LogP contribution in [0.2, 0.25) is 0 Å². The van der Waals surface area contributed by atoms with Gasteiger partial charge in [-0.25, -0.2) is 9.97 Å². The third-order valence-electron chi connectivity index (χ3n) is 5.95. The molecule has 0 bridgehead atoms. The molecule has 0 spiro atoms. The predicted molar refractivity (Wildman–Crippen MR) is 110 cm³/mol. The van der Waals surface area contributed by atoms with Crippen LogP contribution in [0, 0.1) is 19.8 Å². The molecule has 1 aliphatic rings. The van der Waals surface area contributed by atoms with Crippen molar-refractivity contribution in [1.82, 2.24) is 29.7 Å². The van der Waals surface area contributed by atoms with Crippen molar-refractivity contribution in [3.8, 4) is 22.3 Å². The molecule has 1 N–H and O–H groups in total. The fraction of sp³-hybridized carbons (Fsp3) is 0.364. The van der Waals surface area contributed by atoms with Crippen LogP contribution in [0.25, 0.3) is 33.4 Å². The highest BCUT2D eigenvalue weighted by Gasteiger charge is 2.20. The van der Waals surface area contributed by atoms with Gasteiger partial charge in [0, 0.05) is 53.1 Å². The van der Waals surface area contributed by atoms with Gasteiger partial charge in [-0.1, -0.05) is 12.8 Å². The number of imidazole rings is 1.